The number of carbonyl (C=O) groups is 1. The van der Waals surface area contributed by atoms with Gasteiger partial charge in [0.05, 0.1) is 6.54 Å². The fourth-order valence-electron chi connectivity index (χ4n) is 1.41. The van der Waals surface area contributed by atoms with E-state index in [1.807, 2.05) is 0 Å². The van der Waals surface area contributed by atoms with E-state index in [9.17, 15) is 4.79 Å². The number of carbonyl (C=O) groups excluding carboxylic acids is 1. The number of urea groups is 1. The number of thiazole rings is 1. The highest BCUT2D eigenvalue weighted by Crippen LogP contribution is 2.24. The maximum Gasteiger partial charge on any atom is 0.321 e. The zero-order valence-electron chi connectivity index (χ0n) is 11.1. The molecule has 2 aromatic heterocycles. The summed E-state index contributed by atoms with van der Waals surface area (Å²) in [7, 11) is 0. The molecule has 19 heavy (non-hydrogen) atoms. The van der Waals surface area contributed by atoms with Gasteiger partial charge in [-0.3, -0.25) is 5.32 Å². The van der Waals surface area contributed by atoms with Crippen LogP contribution in [0.15, 0.2) is 17.0 Å². The summed E-state index contributed by atoms with van der Waals surface area (Å²) in [5.41, 5.74) is 0.720. The van der Waals surface area contributed by atoms with E-state index in [2.05, 4.69) is 34.4 Å². The molecule has 0 bridgehead atoms. The second-order valence-corrected chi connectivity index (χ2v) is 5.45. The number of anilines is 1. The van der Waals surface area contributed by atoms with Crippen molar-refractivity contribution < 1.29 is 9.21 Å². The highest BCUT2D eigenvalue weighted by atomic mass is 32.1. The Bertz CT molecular complexity index is 562. The third-order valence-corrected chi connectivity index (χ3v) is 3.79. The lowest BCUT2D eigenvalue weighted by Crippen LogP contribution is -2.28. The third kappa shape index (κ3) is 3.54. The predicted molar refractivity (Wildman–Crippen MR) is 73.3 cm³/mol. The van der Waals surface area contributed by atoms with Crippen molar-refractivity contribution in [3.05, 3.63) is 28.9 Å². The van der Waals surface area contributed by atoms with Gasteiger partial charge in [-0.25, -0.2) is 14.8 Å². The molecule has 2 aromatic rings. The summed E-state index contributed by atoms with van der Waals surface area (Å²) in [6.07, 6.45) is 3.15. The van der Waals surface area contributed by atoms with Crippen LogP contribution in [0.25, 0.3) is 0 Å². The molecule has 2 rings (SSSR count). The Kier molecular flexibility index (Phi) is 4.16. The number of rotatable bonds is 4. The van der Waals surface area contributed by atoms with E-state index in [-0.39, 0.29) is 6.03 Å². The van der Waals surface area contributed by atoms with Crippen molar-refractivity contribution in [3.63, 3.8) is 0 Å². The van der Waals surface area contributed by atoms with Crippen LogP contribution in [0.4, 0.5) is 9.93 Å². The first-order valence-electron chi connectivity index (χ1n) is 5.95. The van der Waals surface area contributed by atoms with Gasteiger partial charge in [0.25, 0.3) is 0 Å². The van der Waals surface area contributed by atoms with Gasteiger partial charge in [-0.15, -0.1) is 11.3 Å². The number of aromatic nitrogens is 2. The van der Waals surface area contributed by atoms with Crippen LogP contribution in [-0.4, -0.2) is 16.0 Å². The van der Waals surface area contributed by atoms with Crippen molar-refractivity contribution in [2.24, 2.45) is 0 Å². The molecule has 2 amide bonds. The third-order valence-electron chi connectivity index (χ3n) is 2.57. The number of nitrogens with one attached hydrogen (secondary N) is 2. The summed E-state index contributed by atoms with van der Waals surface area (Å²) < 4.78 is 5.05. The van der Waals surface area contributed by atoms with Crippen LogP contribution in [0.2, 0.25) is 0 Å². The standard InChI is InChI=1S/C12H16N4O2S/c1-7(2)10-5-14-12(19-10)16-11(17)13-4-9-8(3)18-6-15-9/h5-7H,4H2,1-3H3,(H2,13,14,16,17). The molecule has 0 aliphatic carbocycles. The molecule has 0 saturated heterocycles. The second kappa shape index (κ2) is 5.83. The topological polar surface area (TPSA) is 80.0 Å². The van der Waals surface area contributed by atoms with Gasteiger partial charge in [-0.1, -0.05) is 13.8 Å². The van der Waals surface area contributed by atoms with Crippen LogP contribution in [0.3, 0.4) is 0 Å². The largest absolute Gasteiger partial charge is 0.448 e. The molecule has 102 valence electrons. The average Bonchev–Trinajstić information content (AvgIpc) is 2.96. The number of hydrogen-bond donors (Lipinski definition) is 2. The highest BCUT2D eigenvalue weighted by molar-refractivity contribution is 7.15. The zero-order valence-corrected chi connectivity index (χ0v) is 11.9. The summed E-state index contributed by atoms with van der Waals surface area (Å²) in [4.78, 5) is 21.0. The summed E-state index contributed by atoms with van der Waals surface area (Å²) in [6.45, 7) is 6.31. The summed E-state index contributed by atoms with van der Waals surface area (Å²) >= 11 is 1.48. The summed E-state index contributed by atoms with van der Waals surface area (Å²) in [6, 6.07) is -0.299. The summed E-state index contributed by atoms with van der Waals surface area (Å²) in [5, 5.41) is 6.00. The molecule has 2 heterocycles. The maximum atomic E-state index is 11.7. The Morgan fingerprint density at radius 3 is 2.84 bits per heavy atom. The quantitative estimate of drug-likeness (QED) is 0.902. The second-order valence-electron chi connectivity index (χ2n) is 4.39. The molecule has 0 aliphatic rings. The SMILES string of the molecule is Cc1ocnc1CNC(=O)Nc1ncc(C(C)C)s1. The van der Waals surface area contributed by atoms with Crippen molar-refractivity contribution in [2.45, 2.75) is 33.2 Å². The van der Waals surface area contributed by atoms with Gasteiger partial charge >= 0.3 is 6.03 Å². The van der Waals surface area contributed by atoms with E-state index in [1.165, 1.54) is 17.7 Å². The Balaban J connectivity index is 1.85. The first-order chi connectivity index (χ1) is 9.06. The molecular formula is C12H16N4O2S. The molecule has 0 unspecified atom stereocenters. The molecule has 0 radical (unpaired) electrons. The van der Waals surface area contributed by atoms with E-state index in [0.29, 0.717) is 23.4 Å². The number of aryl methyl sites for hydroxylation is 1. The minimum Gasteiger partial charge on any atom is -0.448 e. The molecule has 6 nitrogen and oxygen atoms in total. The van der Waals surface area contributed by atoms with Gasteiger partial charge in [0.2, 0.25) is 0 Å². The fraction of sp³-hybridized carbons (Fsp3) is 0.417. The Morgan fingerprint density at radius 2 is 2.26 bits per heavy atom. The Labute approximate surface area is 115 Å². The predicted octanol–water partition coefficient (Wildman–Crippen LogP) is 2.88. The van der Waals surface area contributed by atoms with Gasteiger partial charge < -0.3 is 9.73 Å². The van der Waals surface area contributed by atoms with Crippen molar-refractivity contribution in [3.8, 4) is 0 Å². The minimum absolute atomic E-state index is 0.299. The molecular weight excluding hydrogens is 264 g/mol. The first kappa shape index (κ1) is 13.5. The Hall–Kier alpha value is -1.89. The van der Waals surface area contributed by atoms with E-state index >= 15 is 0 Å². The lowest BCUT2D eigenvalue weighted by molar-refractivity contribution is 0.251. The number of nitrogens with zero attached hydrogens (tertiary/aromatic N) is 2. The minimum atomic E-state index is -0.299. The number of hydrogen-bond acceptors (Lipinski definition) is 5. The molecule has 0 spiro atoms. The molecule has 0 aromatic carbocycles. The first-order valence-corrected chi connectivity index (χ1v) is 6.77. The normalized spacial score (nSPS) is 10.7. The van der Waals surface area contributed by atoms with Crippen LogP contribution >= 0.6 is 11.3 Å². The Morgan fingerprint density at radius 1 is 1.47 bits per heavy atom. The van der Waals surface area contributed by atoms with E-state index in [1.54, 1.807) is 13.1 Å². The molecule has 0 aliphatic heterocycles. The molecule has 0 fully saturated rings. The van der Waals surface area contributed by atoms with Crippen LogP contribution < -0.4 is 10.6 Å². The van der Waals surface area contributed by atoms with Gasteiger partial charge in [0, 0.05) is 11.1 Å². The van der Waals surface area contributed by atoms with Gasteiger partial charge in [-0.2, -0.15) is 0 Å². The summed E-state index contributed by atoms with van der Waals surface area (Å²) in [5.74, 6) is 1.12. The number of amides is 2. The van der Waals surface area contributed by atoms with Crippen molar-refractivity contribution >= 4 is 22.5 Å². The highest BCUT2D eigenvalue weighted by Gasteiger charge is 2.09. The van der Waals surface area contributed by atoms with Crippen LogP contribution in [0, 0.1) is 6.92 Å². The van der Waals surface area contributed by atoms with Gasteiger partial charge in [-0.05, 0) is 12.8 Å². The van der Waals surface area contributed by atoms with Gasteiger partial charge in [0.15, 0.2) is 11.5 Å². The van der Waals surface area contributed by atoms with E-state index < -0.39 is 0 Å². The maximum absolute atomic E-state index is 11.7. The van der Waals surface area contributed by atoms with Crippen molar-refractivity contribution in [2.75, 3.05) is 5.32 Å². The monoisotopic (exact) mass is 280 g/mol. The molecule has 7 heteroatoms. The molecule has 0 saturated carbocycles. The number of oxazole rings is 1. The average molecular weight is 280 g/mol. The van der Waals surface area contributed by atoms with Gasteiger partial charge in [0.1, 0.15) is 11.5 Å². The van der Waals surface area contributed by atoms with Crippen LogP contribution in [-0.2, 0) is 6.54 Å². The van der Waals surface area contributed by atoms with E-state index in [4.69, 9.17) is 4.42 Å². The van der Waals surface area contributed by atoms with Crippen LogP contribution in [0.1, 0.15) is 36.1 Å². The lowest BCUT2D eigenvalue weighted by atomic mass is 10.2. The molecule has 0 atom stereocenters. The fourth-order valence-corrected chi connectivity index (χ4v) is 2.23. The van der Waals surface area contributed by atoms with Crippen molar-refractivity contribution in [1.82, 2.24) is 15.3 Å². The molecule has 2 N–H and O–H groups in total. The zero-order chi connectivity index (χ0) is 13.8. The lowest BCUT2D eigenvalue weighted by Gasteiger charge is -2.03. The van der Waals surface area contributed by atoms with Crippen LogP contribution in [0.5, 0.6) is 0 Å². The van der Waals surface area contributed by atoms with Crippen molar-refractivity contribution in [1.29, 1.82) is 0 Å². The smallest absolute Gasteiger partial charge is 0.321 e. The van der Waals surface area contributed by atoms with E-state index in [0.717, 1.165) is 10.6 Å².